The highest BCUT2D eigenvalue weighted by molar-refractivity contribution is 7.13. The van der Waals surface area contributed by atoms with E-state index >= 15 is 0 Å². The molecule has 1 heterocycles. The molecule has 0 fully saturated rings. The fraction of sp³-hybridized carbons (Fsp3) is 0.190. The van der Waals surface area contributed by atoms with E-state index in [-0.39, 0.29) is 12.5 Å². The van der Waals surface area contributed by atoms with Crippen LogP contribution in [0.4, 0.5) is 9.93 Å². The van der Waals surface area contributed by atoms with Crippen LogP contribution in [0.5, 0.6) is 0 Å². The topological polar surface area (TPSA) is 80.3 Å². The fourth-order valence-corrected chi connectivity index (χ4v) is 3.26. The van der Waals surface area contributed by atoms with Crippen molar-refractivity contribution in [3.63, 3.8) is 0 Å². The van der Waals surface area contributed by atoms with Crippen molar-refractivity contribution in [1.29, 1.82) is 0 Å². The zero-order chi connectivity index (χ0) is 19.8. The minimum absolute atomic E-state index is 0.137. The first-order chi connectivity index (χ1) is 13.6. The minimum atomic E-state index is -0.783. The first-order valence-electron chi connectivity index (χ1n) is 8.84. The Morgan fingerprint density at radius 3 is 2.29 bits per heavy atom. The summed E-state index contributed by atoms with van der Waals surface area (Å²) >= 11 is 1.34. The van der Waals surface area contributed by atoms with Crippen LogP contribution in [0.15, 0.2) is 66.0 Å². The van der Waals surface area contributed by atoms with Gasteiger partial charge in [0.1, 0.15) is 12.6 Å². The normalized spacial score (nSPS) is 11.5. The van der Waals surface area contributed by atoms with Crippen LogP contribution in [0.25, 0.3) is 0 Å². The maximum absolute atomic E-state index is 12.7. The van der Waals surface area contributed by atoms with E-state index in [0.29, 0.717) is 11.6 Å². The number of amides is 2. The van der Waals surface area contributed by atoms with Crippen molar-refractivity contribution in [3.8, 4) is 0 Å². The van der Waals surface area contributed by atoms with Crippen LogP contribution >= 0.6 is 11.3 Å². The average molecular weight is 395 g/mol. The number of hydrogen-bond acceptors (Lipinski definition) is 5. The van der Waals surface area contributed by atoms with E-state index in [1.807, 2.05) is 73.0 Å². The SMILES string of the molecule is Cc1csc(NC(=O)[C@H](Cc2ccccc2)NC(=O)OCc2ccccc2)n1. The fourth-order valence-electron chi connectivity index (χ4n) is 2.57. The number of nitrogens with one attached hydrogen (secondary N) is 2. The summed E-state index contributed by atoms with van der Waals surface area (Å²) in [7, 11) is 0. The summed E-state index contributed by atoms with van der Waals surface area (Å²) in [6.45, 7) is 1.99. The molecule has 0 unspecified atom stereocenters. The Morgan fingerprint density at radius 2 is 1.68 bits per heavy atom. The van der Waals surface area contributed by atoms with Crippen molar-refractivity contribution < 1.29 is 14.3 Å². The second-order valence-electron chi connectivity index (χ2n) is 6.23. The van der Waals surface area contributed by atoms with Gasteiger partial charge < -0.3 is 15.4 Å². The molecule has 144 valence electrons. The van der Waals surface area contributed by atoms with Crippen molar-refractivity contribution in [3.05, 3.63) is 82.9 Å². The van der Waals surface area contributed by atoms with Crippen LogP contribution in [0.1, 0.15) is 16.8 Å². The van der Waals surface area contributed by atoms with Crippen molar-refractivity contribution in [2.45, 2.75) is 26.0 Å². The molecule has 0 bridgehead atoms. The zero-order valence-corrected chi connectivity index (χ0v) is 16.2. The third-order valence-corrected chi connectivity index (χ3v) is 4.83. The maximum atomic E-state index is 12.7. The Kier molecular flexibility index (Phi) is 6.75. The molecule has 0 saturated carbocycles. The van der Waals surface area contributed by atoms with Crippen LogP contribution in [-0.4, -0.2) is 23.0 Å². The molecule has 2 N–H and O–H groups in total. The highest BCUT2D eigenvalue weighted by atomic mass is 32.1. The molecule has 0 saturated heterocycles. The van der Waals surface area contributed by atoms with E-state index in [1.54, 1.807) is 0 Å². The predicted molar refractivity (Wildman–Crippen MR) is 109 cm³/mol. The lowest BCUT2D eigenvalue weighted by Crippen LogP contribution is -2.45. The number of hydrogen-bond donors (Lipinski definition) is 2. The van der Waals surface area contributed by atoms with Gasteiger partial charge in [0.05, 0.1) is 5.69 Å². The number of carbonyl (C=O) groups is 2. The molecule has 1 aromatic heterocycles. The van der Waals surface area contributed by atoms with E-state index in [4.69, 9.17) is 4.74 Å². The summed E-state index contributed by atoms with van der Waals surface area (Å²) in [4.78, 5) is 29.2. The number of benzene rings is 2. The molecule has 28 heavy (non-hydrogen) atoms. The van der Waals surface area contributed by atoms with E-state index in [9.17, 15) is 9.59 Å². The molecule has 0 spiro atoms. The quantitative estimate of drug-likeness (QED) is 0.635. The van der Waals surface area contributed by atoms with Crippen LogP contribution in [-0.2, 0) is 22.6 Å². The predicted octanol–water partition coefficient (Wildman–Crippen LogP) is 3.93. The molecule has 0 aliphatic heterocycles. The molecule has 0 aliphatic rings. The molecule has 1 atom stereocenters. The summed E-state index contributed by atoms with van der Waals surface area (Å²) in [6, 6.07) is 18.1. The van der Waals surface area contributed by atoms with Crippen LogP contribution in [0, 0.1) is 6.92 Å². The number of aryl methyl sites for hydroxylation is 1. The second-order valence-corrected chi connectivity index (χ2v) is 7.09. The summed E-state index contributed by atoms with van der Waals surface area (Å²) in [5.74, 6) is -0.338. The number of alkyl carbamates (subject to hydrolysis) is 1. The molecule has 3 aromatic rings. The maximum Gasteiger partial charge on any atom is 0.408 e. The number of carbonyl (C=O) groups excluding carboxylic acids is 2. The number of anilines is 1. The molecule has 0 aliphatic carbocycles. The van der Waals surface area contributed by atoms with Crippen LogP contribution in [0.3, 0.4) is 0 Å². The number of nitrogens with zero attached hydrogens (tertiary/aromatic N) is 1. The lowest BCUT2D eigenvalue weighted by molar-refractivity contribution is -0.118. The number of aromatic nitrogens is 1. The molecule has 0 radical (unpaired) electrons. The monoisotopic (exact) mass is 395 g/mol. The minimum Gasteiger partial charge on any atom is -0.445 e. The van der Waals surface area contributed by atoms with Gasteiger partial charge in [-0.25, -0.2) is 9.78 Å². The largest absolute Gasteiger partial charge is 0.445 e. The number of rotatable bonds is 7. The third kappa shape index (κ3) is 5.92. The first-order valence-corrected chi connectivity index (χ1v) is 9.72. The van der Waals surface area contributed by atoms with E-state index in [1.165, 1.54) is 11.3 Å². The lowest BCUT2D eigenvalue weighted by atomic mass is 10.1. The Hall–Kier alpha value is -3.19. The third-order valence-electron chi connectivity index (χ3n) is 3.95. The van der Waals surface area contributed by atoms with E-state index in [0.717, 1.165) is 16.8 Å². The van der Waals surface area contributed by atoms with Gasteiger partial charge in [-0.3, -0.25) is 4.79 Å². The van der Waals surface area contributed by atoms with Gasteiger partial charge in [0, 0.05) is 11.8 Å². The summed E-state index contributed by atoms with van der Waals surface area (Å²) in [5.41, 5.74) is 2.64. The van der Waals surface area contributed by atoms with Crippen molar-refractivity contribution in [2.24, 2.45) is 0 Å². The smallest absolute Gasteiger partial charge is 0.408 e. The van der Waals surface area contributed by atoms with Crippen molar-refractivity contribution in [2.75, 3.05) is 5.32 Å². The molecular formula is C21H21N3O3S. The van der Waals surface area contributed by atoms with Crippen molar-refractivity contribution in [1.82, 2.24) is 10.3 Å². The Bertz CT molecular complexity index is 913. The Labute approximate surface area is 167 Å². The van der Waals surface area contributed by atoms with Gasteiger partial charge in [-0.1, -0.05) is 60.7 Å². The number of ether oxygens (including phenoxy) is 1. The standard InChI is InChI=1S/C21H21N3O3S/c1-15-14-28-20(22-15)24-19(25)18(12-16-8-4-2-5-9-16)23-21(26)27-13-17-10-6-3-7-11-17/h2-11,14,18H,12-13H2,1H3,(H,23,26)(H,22,24,25)/t18-/m0/s1. The van der Waals surface area contributed by atoms with Gasteiger partial charge >= 0.3 is 6.09 Å². The second kappa shape index (κ2) is 9.66. The van der Waals surface area contributed by atoms with Gasteiger partial charge in [0.25, 0.3) is 0 Å². The summed E-state index contributed by atoms with van der Waals surface area (Å²) in [5, 5.41) is 7.78. The van der Waals surface area contributed by atoms with Gasteiger partial charge in [0.15, 0.2) is 5.13 Å². The summed E-state index contributed by atoms with van der Waals surface area (Å²) < 4.78 is 5.26. The van der Waals surface area contributed by atoms with Crippen molar-refractivity contribution >= 4 is 28.5 Å². The average Bonchev–Trinajstić information content (AvgIpc) is 3.12. The zero-order valence-electron chi connectivity index (χ0n) is 15.4. The highest BCUT2D eigenvalue weighted by Gasteiger charge is 2.23. The van der Waals surface area contributed by atoms with Gasteiger partial charge in [-0.05, 0) is 18.1 Å². The van der Waals surface area contributed by atoms with Crippen LogP contribution in [0.2, 0.25) is 0 Å². The number of thiazole rings is 1. The lowest BCUT2D eigenvalue weighted by Gasteiger charge is -2.18. The first kappa shape index (κ1) is 19.6. The van der Waals surface area contributed by atoms with Gasteiger partial charge in [0.2, 0.25) is 5.91 Å². The molecule has 6 nitrogen and oxygen atoms in total. The molecule has 7 heteroatoms. The van der Waals surface area contributed by atoms with Gasteiger partial charge in [-0.15, -0.1) is 11.3 Å². The molecule has 3 rings (SSSR count). The molecule has 2 amide bonds. The highest BCUT2D eigenvalue weighted by Crippen LogP contribution is 2.15. The van der Waals surface area contributed by atoms with Gasteiger partial charge in [-0.2, -0.15) is 0 Å². The Morgan fingerprint density at radius 1 is 1.04 bits per heavy atom. The van der Waals surface area contributed by atoms with Crippen LogP contribution < -0.4 is 10.6 Å². The van der Waals surface area contributed by atoms with E-state index < -0.39 is 12.1 Å². The molecule has 2 aromatic carbocycles. The summed E-state index contributed by atoms with van der Waals surface area (Å²) in [6.07, 6.45) is -0.299. The van der Waals surface area contributed by atoms with E-state index in [2.05, 4.69) is 15.6 Å². The molecular weight excluding hydrogens is 374 g/mol. The Balaban J connectivity index is 1.64.